The molecule has 0 aliphatic rings. The summed E-state index contributed by atoms with van der Waals surface area (Å²) in [7, 11) is 1.50. The highest BCUT2D eigenvalue weighted by Crippen LogP contribution is 2.22. The van der Waals surface area contributed by atoms with Crippen molar-refractivity contribution in [3.05, 3.63) is 79.8 Å². The van der Waals surface area contributed by atoms with Crippen LogP contribution < -0.4 is 15.7 Å². The molecule has 1 aromatic heterocycles. The molecule has 3 aromatic rings. The van der Waals surface area contributed by atoms with Gasteiger partial charge in [0.2, 0.25) is 5.88 Å². The maximum atomic E-state index is 12.2. The third-order valence-corrected chi connectivity index (χ3v) is 4.52. The average molecular weight is 431 g/mol. The van der Waals surface area contributed by atoms with Crippen molar-refractivity contribution in [3.8, 4) is 17.3 Å². The van der Waals surface area contributed by atoms with E-state index >= 15 is 0 Å². The van der Waals surface area contributed by atoms with Gasteiger partial charge >= 0.3 is 0 Å². The molecule has 0 aliphatic heterocycles. The van der Waals surface area contributed by atoms with Gasteiger partial charge in [0.05, 0.1) is 29.6 Å². The van der Waals surface area contributed by atoms with Gasteiger partial charge in [0.15, 0.2) is 4.77 Å². The zero-order chi connectivity index (χ0) is 21.0. The van der Waals surface area contributed by atoms with Crippen molar-refractivity contribution in [2.24, 2.45) is 5.10 Å². The molecule has 1 heterocycles. The number of carbonyl (C=O) groups excluding carboxylic acids is 1. The van der Waals surface area contributed by atoms with E-state index in [0.29, 0.717) is 11.4 Å². The maximum Gasteiger partial charge on any atom is 0.272 e. The van der Waals surface area contributed by atoms with Gasteiger partial charge in [-0.3, -0.25) is 19.1 Å². The van der Waals surface area contributed by atoms with Crippen LogP contribution in [0.15, 0.2) is 58.4 Å². The predicted molar refractivity (Wildman–Crippen MR) is 112 cm³/mol. The minimum Gasteiger partial charge on any atom is -0.497 e. The van der Waals surface area contributed by atoms with Crippen molar-refractivity contribution < 1.29 is 14.6 Å². The molecule has 10 heteroatoms. The number of nitrogens with zero attached hydrogens (tertiary/aromatic N) is 2. The zero-order valence-corrected chi connectivity index (χ0v) is 16.6. The number of hydrogen-bond acceptors (Lipinski definition) is 6. The number of hydrogen-bond donors (Lipinski definition) is 3. The van der Waals surface area contributed by atoms with E-state index in [9.17, 15) is 14.7 Å². The fourth-order valence-corrected chi connectivity index (χ4v) is 3.01. The molecule has 0 saturated carbocycles. The second-order valence-electron chi connectivity index (χ2n) is 5.71. The van der Waals surface area contributed by atoms with E-state index in [1.165, 1.54) is 17.7 Å². The molecule has 3 N–H and O–H groups in total. The van der Waals surface area contributed by atoms with Crippen LogP contribution in [-0.2, 0) is 0 Å². The minimum atomic E-state index is -0.664. The molecule has 1 amide bonds. The summed E-state index contributed by atoms with van der Waals surface area (Å²) in [5.74, 6) is -0.469. The number of halogens is 1. The molecular weight excluding hydrogens is 416 g/mol. The topological polar surface area (TPSA) is 109 Å². The quantitative estimate of drug-likeness (QED) is 0.327. The first-order chi connectivity index (χ1) is 13.9. The van der Waals surface area contributed by atoms with Crippen LogP contribution in [0.1, 0.15) is 15.9 Å². The molecule has 8 nitrogen and oxygen atoms in total. The molecular formula is C19H15ClN4O4S. The van der Waals surface area contributed by atoms with Crippen molar-refractivity contribution in [2.45, 2.75) is 0 Å². The van der Waals surface area contributed by atoms with Gasteiger partial charge in [-0.25, -0.2) is 5.43 Å². The van der Waals surface area contributed by atoms with Crippen LogP contribution in [0.25, 0.3) is 5.69 Å². The SMILES string of the molecule is COc1cccc(-n2c(O)c(C=NNC(=O)c3ccccc3Cl)c(=O)[nH]c2=S)c1. The second-order valence-corrected chi connectivity index (χ2v) is 6.51. The van der Waals surface area contributed by atoms with Crippen LogP contribution in [0, 0.1) is 4.77 Å². The summed E-state index contributed by atoms with van der Waals surface area (Å²) in [6.45, 7) is 0. The van der Waals surface area contributed by atoms with Crippen molar-refractivity contribution >= 4 is 35.9 Å². The van der Waals surface area contributed by atoms with E-state index in [1.807, 2.05) is 0 Å². The highest BCUT2D eigenvalue weighted by atomic mass is 35.5. The average Bonchev–Trinajstić information content (AvgIpc) is 2.70. The lowest BCUT2D eigenvalue weighted by Gasteiger charge is -2.12. The molecule has 0 spiro atoms. The first-order valence-corrected chi connectivity index (χ1v) is 9.01. The summed E-state index contributed by atoms with van der Waals surface area (Å²) in [4.78, 5) is 26.8. The number of nitrogens with one attached hydrogen (secondary N) is 2. The molecule has 0 radical (unpaired) electrons. The Hall–Kier alpha value is -3.43. The standard InChI is InChI=1S/C19H15ClN4O4S/c1-28-12-6-4-5-11(9-12)24-18(27)14(16(25)22-19(24)29)10-21-23-17(26)13-7-2-3-8-15(13)20/h2-10,27H,1H3,(H,23,26)(H,22,25,29). The summed E-state index contributed by atoms with van der Waals surface area (Å²) < 4.78 is 6.40. The largest absolute Gasteiger partial charge is 0.497 e. The molecule has 0 bridgehead atoms. The molecule has 0 fully saturated rings. The number of rotatable bonds is 5. The van der Waals surface area contributed by atoms with Crippen molar-refractivity contribution in [1.82, 2.24) is 15.0 Å². The minimum absolute atomic E-state index is 0.0157. The second kappa shape index (κ2) is 8.72. The number of carbonyl (C=O) groups is 1. The fraction of sp³-hybridized carbons (Fsp3) is 0.0526. The summed E-state index contributed by atoms with van der Waals surface area (Å²) >= 11 is 11.1. The highest BCUT2D eigenvalue weighted by Gasteiger charge is 2.14. The summed E-state index contributed by atoms with van der Waals surface area (Å²) in [5.41, 5.74) is 2.09. The van der Waals surface area contributed by atoms with Gasteiger partial charge in [0.1, 0.15) is 11.3 Å². The van der Waals surface area contributed by atoms with Gasteiger partial charge < -0.3 is 9.84 Å². The number of benzene rings is 2. The van der Waals surface area contributed by atoms with E-state index in [-0.39, 0.29) is 20.9 Å². The van der Waals surface area contributed by atoms with Crippen LogP contribution in [-0.4, -0.2) is 33.9 Å². The Kier molecular flexibility index (Phi) is 6.10. The van der Waals surface area contributed by atoms with Crippen molar-refractivity contribution in [1.29, 1.82) is 0 Å². The van der Waals surface area contributed by atoms with Gasteiger partial charge in [0, 0.05) is 6.07 Å². The lowest BCUT2D eigenvalue weighted by molar-refractivity contribution is 0.0955. The summed E-state index contributed by atoms with van der Waals surface area (Å²) in [6, 6.07) is 13.2. The van der Waals surface area contributed by atoms with E-state index in [0.717, 1.165) is 6.21 Å². The van der Waals surface area contributed by atoms with E-state index in [1.54, 1.807) is 42.5 Å². The Balaban J connectivity index is 1.95. The van der Waals surface area contributed by atoms with Crippen LogP contribution in [0.4, 0.5) is 0 Å². The highest BCUT2D eigenvalue weighted by molar-refractivity contribution is 7.71. The Bertz CT molecular complexity index is 1220. The van der Waals surface area contributed by atoms with E-state index in [2.05, 4.69) is 15.5 Å². The molecule has 0 atom stereocenters. The Morgan fingerprint density at radius 3 is 2.79 bits per heavy atom. The van der Waals surface area contributed by atoms with Gasteiger partial charge in [-0.2, -0.15) is 5.10 Å². The Morgan fingerprint density at radius 2 is 2.07 bits per heavy atom. The Morgan fingerprint density at radius 1 is 1.31 bits per heavy atom. The first kappa shape index (κ1) is 20.3. The molecule has 0 aliphatic carbocycles. The molecule has 148 valence electrons. The lowest BCUT2D eigenvalue weighted by atomic mass is 10.2. The normalized spacial score (nSPS) is 10.8. The number of aromatic nitrogens is 2. The molecule has 0 unspecified atom stereocenters. The summed E-state index contributed by atoms with van der Waals surface area (Å²) in [6.07, 6.45) is 1.02. The maximum absolute atomic E-state index is 12.2. The molecule has 0 saturated heterocycles. The molecule has 2 aromatic carbocycles. The lowest BCUT2D eigenvalue weighted by Crippen LogP contribution is -2.21. The number of ether oxygens (including phenoxy) is 1. The van der Waals surface area contributed by atoms with Crippen molar-refractivity contribution in [3.63, 3.8) is 0 Å². The van der Waals surface area contributed by atoms with Gasteiger partial charge in [-0.1, -0.05) is 29.8 Å². The number of aromatic amines is 1. The summed E-state index contributed by atoms with van der Waals surface area (Å²) in [5, 5.41) is 14.6. The van der Waals surface area contributed by atoms with E-state index in [4.69, 9.17) is 28.6 Å². The third kappa shape index (κ3) is 4.36. The van der Waals surface area contributed by atoms with E-state index < -0.39 is 17.3 Å². The van der Waals surface area contributed by atoms with Crippen molar-refractivity contribution in [2.75, 3.05) is 7.11 Å². The zero-order valence-electron chi connectivity index (χ0n) is 15.0. The van der Waals surface area contributed by atoms with Gasteiger partial charge in [0.25, 0.3) is 11.5 Å². The number of H-pyrrole nitrogens is 1. The number of aromatic hydroxyl groups is 1. The molecule has 3 rings (SSSR count). The number of methoxy groups -OCH3 is 1. The monoisotopic (exact) mass is 430 g/mol. The van der Waals surface area contributed by atoms with Gasteiger partial charge in [-0.05, 0) is 36.5 Å². The van der Waals surface area contributed by atoms with Crippen LogP contribution in [0.2, 0.25) is 5.02 Å². The number of hydrazone groups is 1. The number of amides is 1. The first-order valence-electron chi connectivity index (χ1n) is 8.23. The predicted octanol–water partition coefficient (Wildman–Crippen LogP) is 3.03. The van der Waals surface area contributed by atoms with Crippen LogP contribution in [0.5, 0.6) is 11.6 Å². The smallest absolute Gasteiger partial charge is 0.272 e. The van der Waals surface area contributed by atoms with Crippen LogP contribution in [0.3, 0.4) is 0 Å². The Labute approximate surface area is 175 Å². The fourth-order valence-electron chi connectivity index (χ4n) is 2.51. The van der Waals surface area contributed by atoms with Gasteiger partial charge in [-0.15, -0.1) is 0 Å². The molecule has 29 heavy (non-hydrogen) atoms. The van der Waals surface area contributed by atoms with Crippen LogP contribution >= 0.6 is 23.8 Å². The third-order valence-electron chi connectivity index (χ3n) is 3.91.